The first-order valence-electron chi connectivity index (χ1n) is 15.2. The zero-order valence-electron chi connectivity index (χ0n) is 24.3. The van der Waals surface area contributed by atoms with Crippen molar-refractivity contribution >= 4 is 23.3 Å². The van der Waals surface area contributed by atoms with Gasteiger partial charge in [-0.15, -0.1) is 4.37 Å². The SMILES string of the molecule is CCCCCCCCCCCCC(=O)OC(CC)[N+]1(C)CCC=C(c2nsnc2OCCCCCC)C1. The van der Waals surface area contributed by atoms with Crippen LogP contribution in [0.25, 0.3) is 5.57 Å². The summed E-state index contributed by atoms with van der Waals surface area (Å²) in [6.07, 6.45) is 21.8. The van der Waals surface area contributed by atoms with Crippen molar-refractivity contribution in [2.24, 2.45) is 0 Å². The van der Waals surface area contributed by atoms with Crippen LogP contribution in [0.4, 0.5) is 0 Å². The van der Waals surface area contributed by atoms with E-state index in [1.807, 2.05) is 0 Å². The molecule has 0 bridgehead atoms. The first-order chi connectivity index (χ1) is 18.0. The highest BCUT2D eigenvalue weighted by Gasteiger charge is 2.38. The standard InChI is InChI=1S/C30H54N3O3S/c1-5-8-10-12-13-14-15-16-17-18-22-28(34)36-27(7-3)33(4)23-20-21-26(25-33)29-30(32-37-31-29)35-24-19-11-9-6-2/h21,27H,5-20,22-25H2,1-4H3/q+1. The average Bonchev–Trinajstić information content (AvgIpc) is 3.37. The van der Waals surface area contributed by atoms with E-state index < -0.39 is 0 Å². The topological polar surface area (TPSA) is 61.3 Å². The minimum absolute atomic E-state index is 0.0479. The van der Waals surface area contributed by atoms with E-state index in [0.29, 0.717) is 23.4 Å². The van der Waals surface area contributed by atoms with Gasteiger partial charge in [0.25, 0.3) is 5.88 Å². The molecular formula is C30H54N3O3S+. The Labute approximate surface area is 231 Å². The Morgan fingerprint density at radius 1 is 0.919 bits per heavy atom. The number of unbranched alkanes of at least 4 members (excludes halogenated alkanes) is 12. The van der Waals surface area contributed by atoms with Gasteiger partial charge in [0.1, 0.15) is 12.2 Å². The van der Waals surface area contributed by atoms with Crippen molar-refractivity contribution in [3.05, 3.63) is 11.8 Å². The maximum Gasteiger partial charge on any atom is 0.310 e. The second-order valence-electron chi connectivity index (χ2n) is 11.0. The van der Waals surface area contributed by atoms with Crippen LogP contribution in [0.1, 0.15) is 136 Å². The molecule has 0 saturated carbocycles. The molecule has 2 rings (SSSR count). The van der Waals surface area contributed by atoms with Gasteiger partial charge >= 0.3 is 5.97 Å². The molecule has 1 aromatic rings. The van der Waals surface area contributed by atoms with Crippen LogP contribution >= 0.6 is 11.7 Å². The Hall–Kier alpha value is -1.47. The summed E-state index contributed by atoms with van der Waals surface area (Å²) in [6, 6.07) is 0. The van der Waals surface area contributed by atoms with Crippen molar-refractivity contribution < 1.29 is 18.8 Å². The fourth-order valence-electron chi connectivity index (χ4n) is 5.27. The molecule has 0 amide bonds. The molecule has 37 heavy (non-hydrogen) atoms. The van der Waals surface area contributed by atoms with Gasteiger partial charge in [0.05, 0.1) is 31.9 Å². The van der Waals surface area contributed by atoms with Crippen molar-refractivity contribution in [1.82, 2.24) is 8.75 Å². The minimum atomic E-state index is -0.135. The third kappa shape index (κ3) is 11.8. The predicted octanol–water partition coefficient (Wildman–Crippen LogP) is 8.32. The molecule has 0 spiro atoms. The van der Waals surface area contributed by atoms with Gasteiger partial charge < -0.3 is 9.47 Å². The summed E-state index contributed by atoms with van der Waals surface area (Å²) in [6.45, 7) is 9.02. The molecule has 0 radical (unpaired) electrons. The second-order valence-corrected chi connectivity index (χ2v) is 11.5. The lowest BCUT2D eigenvalue weighted by molar-refractivity contribution is -0.947. The monoisotopic (exact) mass is 536 g/mol. The molecule has 0 aliphatic carbocycles. The largest absolute Gasteiger partial charge is 0.475 e. The molecule has 0 N–H and O–H groups in total. The third-order valence-electron chi connectivity index (χ3n) is 7.61. The number of rotatable bonds is 21. The van der Waals surface area contributed by atoms with Crippen LogP contribution in [0.5, 0.6) is 5.88 Å². The fraction of sp³-hybridized carbons (Fsp3) is 0.833. The summed E-state index contributed by atoms with van der Waals surface area (Å²) in [5, 5.41) is 0. The van der Waals surface area contributed by atoms with E-state index in [-0.39, 0.29) is 12.2 Å². The normalized spacial score (nSPS) is 18.4. The molecule has 2 unspecified atom stereocenters. The van der Waals surface area contributed by atoms with Gasteiger partial charge in [-0.1, -0.05) is 104 Å². The predicted molar refractivity (Wildman–Crippen MR) is 155 cm³/mol. The number of esters is 1. The number of likely N-dealkylation sites (N-methyl/N-ethyl adjacent to an activating group) is 1. The number of hydrogen-bond donors (Lipinski definition) is 0. The van der Waals surface area contributed by atoms with Gasteiger partial charge in [0.2, 0.25) is 6.23 Å². The molecule has 0 aromatic carbocycles. The van der Waals surface area contributed by atoms with Crippen LogP contribution in [0, 0.1) is 0 Å². The molecule has 2 heterocycles. The van der Waals surface area contributed by atoms with Gasteiger partial charge in [-0.3, -0.25) is 9.28 Å². The average molecular weight is 537 g/mol. The maximum absolute atomic E-state index is 12.7. The van der Waals surface area contributed by atoms with Crippen LogP contribution in [0.2, 0.25) is 0 Å². The number of ether oxygens (including phenoxy) is 2. The number of aromatic nitrogens is 2. The molecule has 1 aliphatic rings. The van der Waals surface area contributed by atoms with Crippen LogP contribution in [0.15, 0.2) is 6.08 Å². The van der Waals surface area contributed by atoms with Crippen molar-refractivity contribution in [1.29, 1.82) is 0 Å². The highest BCUT2D eigenvalue weighted by atomic mass is 32.1. The Morgan fingerprint density at radius 3 is 2.19 bits per heavy atom. The molecule has 2 atom stereocenters. The minimum Gasteiger partial charge on any atom is -0.475 e. The van der Waals surface area contributed by atoms with Gasteiger partial charge in [-0.05, 0) is 12.8 Å². The van der Waals surface area contributed by atoms with Crippen LogP contribution in [-0.2, 0) is 9.53 Å². The van der Waals surface area contributed by atoms with Crippen LogP contribution < -0.4 is 4.74 Å². The lowest BCUT2D eigenvalue weighted by Gasteiger charge is -2.42. The molecule has 0 fully saturated rings. The zero-order valence-corrected chi connectivity index (χ0v) is 25.1. The second kappa shape index (κ2) is 18.7. The van der Waals surface area contributed by atoms with E-state index in [1.54, 1.807) is 0 Å². The lowest BCUT2D eigenvalue weighted by atomic mass is 10.0. The fourth-order valence-corrected chi connectivity index (χ4v) is 5.80. The first kappa shape index (κ1) is 31.7. The van der Waals surface area contributed by atoms with Crippen molar-refractivity contribution in [3.8, 4) is 5.88 Å². The number of quaternary nitrogens is 1. The van der Waals surface area contributed by atoms with Crippen molar-refractivity contribution in [2.75, 3.05) is 26.7 Å². The molecule has 0 saturated heterocycles. The van der Waals surface area contributed by atoms with Crippen molar-refractivity contribution in [3.63, 3.8) is 0 Å². The summed E-state index contributed by atoms with van der Waals surface area (Å²) >= 11 is 1.22. The molecule has 6 nitrogen and oxygen atoms in total. The van der Waals surface area contributed by atoms with Crippen LogP contribution in [0.3, 0.4) is 0 Å². The van der Waals surface area contributed by atoms with E-state index in [2.05, 4.69) is 42.6 Å². The van der Waals surface area contributed by atoms with E-state index in [0.717, 1.165) is 56.5 Å². The van der Waals surface area contributed by atoms with Crippen molar-refractivity contribution in [2.45, 2.75) is 136 Å². The Morgan fingerprint density at radius 2 is 1.54 bits per heavy atom. The van der Waals surface area contributed by atoms with E-state index >= 15 is 0 Å². The Bertz CT molecular complexity index is 782. The quantitative estimate of drug-likeness (QED) is 0.0898. The van der Waals surface area contributed by atoms with E-state index in [4.69, 9.17) is 9.47 Å². The summed E-state index contributed by atoms with van der Waals surface area (Å²) in [5.74, 6) is 0.612. The maximum atomic E-state index is 12.7. The van der Waals surface area contributed by atoms with E-state index in [9.17, 15) is 4.79 Å². The molecule has 1 aliphatic heterocycles. The number of carbonyl (C=O) groups excluding carboxylic acids is 1. The lowest BCUT2D eigenvalue weighted by Crippen LogP contribution is -2.56. The first-order valence-corrected chi connectivity index (χ1v) is 16.0. The molecule has 1 aromatic heterocycles. The van der Waals surface area contributed by atoms with Gasteiger partial charge in [-0.2, -0.15) is 4.37 Å². The summed E-state index contributed by atoms with van der Waals surface area (Å²) in [7, 11) is 2.21. The van der Waals surface area contributed by atoms with Crippen LogP contribution in [-0.4, -0.2) is 52.2 Å². The van der Waals surface area contributed by atoms with Gasteiger partial charge in [-0.25, -0.2) is 0 Å². The highest BCUT2D eigenvalue weighted by molar-refractivity contribution is 6.99. The molecule has 212 valence electrons. The Kier molecular flexibility index (Phi) is 16.1. The molecular weight excluding hydrogens is 482 g/mol. The number of nitrogens with zero attached hydrogens (tertiary/aromatic N) is 3. The highest BCUT2D eigenvalue weighted by Crippen LogP contribution is 2.32. The third-order valence-corrected chi connectivity index (χ3v) is 8.12. The molecule has 7 heteroatoms. The van der Waals surface area contributed by atoms with Gasteiger partial charge in [0, 0.05) is 24.8 Å². The smallest absolute Gasteiger partial charge is 0.310 e. The summed E-state index contributed by atoms with van der Waals surface area (Å²) < 4.78 is 21.8. The summed E-state index contributed by atoms with van der Waals surface area (Å²) in [4.78, 5) is 12.7. The number of hydrogen-bond acceptors (Lipinski definition) is 6. The number of carbonyl (C=O) groups is 1. The zero-order chi connectivity index (χ0) is 26.8. The van der Waals surface area contributed by atoms with E-state index in [1.165, 1.54) is 82.4 Å². The summed E-state index contributed by atoms with van der Waals surface area (Å²) in [5.41, 5.74) is 2.03. The van der Waals surface area contributed by atoms with Gasteiger partial charge in [0.15, 0.2) is 0 Å². The Balaban J connectivity index is 1.75.